The number of anilines is 2. The van der Waals surface area contributed by atoms with Crippen molar-refractivity contribution in [3.63, 3.8) is 0 Å². The first-order valence-electron chi connectivity index (χ1n) is 9.18. The number of benzene rings is 1. The molecule has 0 amide bonds. The van der Waals surface area contributed by atoms with Gasteiger partial charge < -0.3 is 19.8 Å². The zero-order valence-corrected chi connectivity index (χ0v) is 15.2. The normalized spacial score (nSPS) is 14.5. The molecule has 0 aliphatic carbocycles. The van der Waals surface area contributed by atoms with Gasteiger partial charge in [-0.3, -0.25) is 0 Å². The van der Waals surface area contributed by atoms with Gasteiger partial charge in [-0.15, -0.1) is 0 Å². The van der Waals surface area contributed by atoms with E-state index >= 15 is 0 Å². The Kier molecular flexibility index (Phi) is 4.14. The molecule has 28 heavy (non-hydrogen) atoms. The van der Waals surface area contributed by atoms with Crippen molar-refractivity contribution in [2.24, 2.45) is 0 Å². The number of nitrogens with zero attached hydrogens (tertiary/aromatic N) is 4. The molecule has 140 valence electrons. The largest absolute Gasteiger partial charge is 0.464 e. The summed E-state index contributed by atoms with van der Waals surface area (Å²) in [6, 6.07) is 14.1. The molecule has 4 heterocycles. The summed E-state index contributed by atoms with van der Waals surface area (Å²) in [6.45, 7) is 3.35. The van der Waals surface area contributed by atoms with Crippen molar-refractivity contribution in [3.8, 4) is 22.6 Å². The first-order chi connectivity index (χ1) is 13.8. The SMILES string of the molecule is Nc1ncnc2nc(-c3ccc(N4CCOCC4)cc3)cc(-c3ccco3)c12. The van der Waals surface area contributed by atoms with Crippen LogP contribution in [0.5, 0.6) is 0 Å². The van der Waals surface area contributed by atoms with E-state index in [-0.39, 0.29) is 0 Å². The topological polar surface area (TPSA) is 90.3 Å². The summed E-state index contributed by atoms with van der Waals surface area (Å²) in [5, 5.41) is 0.700. The molecule has 1 saturated heterocycles. The van der Waals surface area contributed by atoms with Gasteiger partial charge in [0, 0.05) is 29.9 Å². The lowest BCUT2D eigenvalue weighted by atomic mass is 10.0. The highest BCUT2D eigenvalue weighted by Crippen LogP contribution is 2.34. The number of rotatable bonds is 3. The Bertz CT molecular complexity index is 1100. The second kappa shape index (κ2) is 6.94. The van der Waals surface area contributed by atoms with Gasteiger partial charge in [-0.05, 0) is 30.3 Å². The summed E-state index contributed by atoms with van der Waals surface area (Å²) in [5.41, 5.74) is 10.5. The highest BCUT2D eigenvalue weighted by Gasteiger charge is 2.16. The van der Waals surface area contributed by atoms with Gasteiger partial charge in [0.15, 0.2) is 5.65 Å². The molecule has 3 aromatic heterocycles. The van der Waals surface area contributed by atoms with Gasteiger partial charge in [-0.1, -0.05) is 12.1 Å². The lowest BCUT2D eigenvalue weighted by Gasteiger charge is -2.28. The molecule has 0 unspecified atom stereocenters. The number of nitrogens with two attached hydrogens (primary N) is 1. The van der Waals surface area contributed by atoms with Crippen LogP contribution in [0.2, 0.25) is 0 Å². The van der Waals surface area contributed by atoms with Crippen molar-refractivity contribution < 1.29 is 9.15 Å². The third-order valence-electron chi connectivity index (χ3n) is 4.96. The smallest absolute Gasteiger partial charge is 0.165 e. The molecule has 0 atom stereocenters. The van der Waals surface area contributed by atoms with Crippen molar-refractivity contribution in [1.82, 2.24) is 15.0 Å². The van der Waals surface area contributed by atoms with Crippen LogP contribution in [0.3, 0.4) is 0 Å². The lowest BCUT2D eigenvalue weighted by molar-refractivity contribution is 0.122. The van der Waals surface area contributed by atoms with Gasteiger partial charge in [-0.2, -0.15) is 0 Å². The van der Waals surface area contributed by atoms with Crippen LogP contribution in [0.15, 0.2) is 59.5 Å². The Balaban J connectivity index is 1.59. The number of aromatic nitrogens is 3. The number of hydrogen-bond donors (Lipinski definition) is 1. The van der Waals surface area contributed by atoms with E-state index in [4.69, 9.17) is 19.9 Å². The molecule has 1 aromatic carbocycles. The second-order valence-corrected chi connectivity index (χ2v) is 6.64. The monoisotopic (exact) mass is 373 g/mol. The Labute approximate surface area is 161 Å². The van der Waals surface area contributed by atoms with Crippen LogP contribution in [0.25, 0.3) is 33.6 Å². The molecule has 1 fully saturated rings. The summed E-state index contributed by atoms with van der Waals surface area (Å²) in [5.74, 6) is 1.10. The maximum absolute atomic E-state index is 6.11. The molecular weight excluding hydrogens is 354 g/mol. The summed E-state index contributed by atoms with van der Waals surface area (Å²) >= 11 is 0. The third kappa shape index (κ3) is 2.95. The first kappa shape index (κ1) is 16.7. The van der Waals surface area contributed by atoms with E-state index < -0.39 is 0 Å². The Morgan fingerprint density at radius 1 is 1.00 bits per heavy atom. The van der Waals surface area contributed by atoms with E-state index in [1.54, 1.807) is 6.26 Å². The Morgan fingerprint density at radius 3 is 2.57 bits per heavy atom. The molecule has 0 bridgehead atoms. The first-order valence-corrected chi connectivity index (χ1v) is 9.18. The molecule has 0 spiro atoms. The minimum atomic E-state index is 0.387. The minimum Gasteiger partial charge on any atom is -0.464 e. The van der Waals surface area contributed by atoms with Gasteiger partial charge in [-0.25, -0.2) is 15.0 Å². The average molecular weight is 373 g/mol. The van der Waals surface area contributed by atoms with Gasteiger partial charge in [0.1, 0.15) is 17.9 Å². The minimum absolute atomic E-state index is 0.387. The standard InChI is InChI=1S/C21H19N5O2/c22-20-19-16(18-2-1-9-28-18)12-17(25-21(19)24-13-23-20)14-3-5-15(6-4-14)26-7-10-27-11-8-26/h1-6,9,12-13H,7-8,10-11H2,(H2,22,23,24,25). The van der Waals surface area contributed by atoms with Crippen LogP contribution < -0.4 is 10.6 Å². The summed E-state index contributed by atoms with van der Waals surface area (Å²) in [6.07, 6.45) is 3.07. The molecule has 7 heteroatoms. The fourth-order valence-corrected chi connectivity index (χ4v) is 3.53. The second-order valence-electron chi connectivity index (χ2n) is 6.64. The predicted octanol–water partition coefficient (Wildman–Crippen LogP) is 3.37. The molecule has 0 radical (unpaired) electrons. The zero-order valence-electron chi connectivity index (χ0n) is 15.2. The number of morpholine rings is 1. The number of pyridine rings is 1. The Morgan fingerprint density at radius 2 is 1.82 bits per heavy atom. The molecule has 7 nitrogen and oxygen atoms in total. The molecule has 5 rings (SSSR count). The fraction of sp³-hybridized carbons (Fsp3) is 0.190. The summed E-state index contributed by atoms with van der Waals surface area (Å²) in [7, 11) is 0. The van der Waals surface area contributed by atoms with E-state index in [2.05, 4.69) is 39.1 Å². The maximum atomic E-state index is 6.11. The van der Waals surface area contributed by atoms with Gasteiger partial charge >= 0.3 is 0 Å². The van der Waals surface area contributed by atoms with Crippen LogP contribution in [-0.4, -0.2) is 41.3 Å². The van der Waals surface area contributed by atoms with Crippen molar-refractivity contribution in [1.29, 1.82) is 0 Å². The highest BCUT2D eigenvalue weighted by atomic mass is 16.5. The van der Waals surface area contributed by atoms with Gasteiger partial charge in [0.05, 0.1) is 30.6 Å². The number of fused-ring (bicyclic) bond motifs is 1. The van der Waals surface area contributed by atoms with E-state index in [0.717, 1.165) is 43.1 Å². The predicted molar refractivity (Wildman–Crippen MR) is 108 cm³/mol. The van der Waals surface area contributed by atoms with Crippen molar-refractivity contribution in [3.05, 3.63) is 55.1 Å². The van der Waals surface area contributed by atoms with Crippen molar-refractivity contribution in [2.75, 3.05) is 36.9 Å². The van der Waals surface area contributed by atoms with E-state index in [1.165, 1.54) is 12.0 Å². The van der Waals surface area contributed by atoms with Crippen LogP contribution in [0.1, 0.15) is 0 Å². The van der Waals surface area contributed by atoms with Crippen molar-refractivity contribution in [2.45, 2.75) is 0 Å². The molecule has 0 saturated carbocycles. The third-order valence-corrected chi connectivity index (χ3v) is 4.96. The summed E-state index contributed by atoms with van der Waals surface area (Å²) < 4.78 is 11.0. The van der Waals surface area contributed by atoms with Gasteiger partial charge in [0.25, 0.3) is 0 Å². The van der Waals surface area contributed by atoms with E-state index in [0.29, 0.717) is 22.6 Å². The number of hydrogen-bond acceptors (Lipinski definition) is 7. The van der Waals surface area contributed by atoms with Gasteiger partial charge in [0.2, 0.25) is 0 Å². The van der Waals surface area contributed by atoms with Crippen LogP contribution in [0.4, 0.5) is 11.5 Å². The zero-order chi connectivity index (χ0) is 18.9. The molecule has 1 aliphatic heterocycles. The highest BCUT2D eigenvalue weighted by molar-refractivity contribution is 5.99. The maximum Gasteiger partial charge on any atom is 0.165 e. The van der Waals surface area contributed by atoms with E-state index in [9.17, 15) is 0 Å². The molecule has 2 N–H and O–H groups in total. The number of nitrogen functional groups attached to an aromatic ring is 1. The fourth-order valence-electron chi connectivity index (χ4n) is 3.53. The quantitative estimate of drug-likeness (QED) is 0.589. The average Bonchev–Trinajstić information content (AvgIpc) is 3.29. The molecule has 4 aromatic rings. The van der Waals surface area contributed by atoms with E-state index in [1.807, 2.05) is 18.2 Å². The van der Waals surface area contributed by atoms with Crippen LogP contribution >= 0.6 is 0 Å². The molecular formula is C21H19N5O2. The van der Waals surface area contributed by atoms with Crippen LogP contribution in [0, 0.1) is 0 Å². The summed E-state index contributed by atoms with van der Waals surface area (Å²) in [4.78, 5) is 15.5. The Hall–Kier alpha value is -3.45. The lowest BCUT2D eigenvalue weighted by Crippen LogP contribution is -2.36. The van der Waals surface area contributed by atoms with Crippen molar-refractivity contribution >= 4 is 22.5 Å². The number of ether oxygens (including phenoxy) is 1. The molecule has 1 aliphatic rings. The number of furan rings is 1. The van der Waals surface area contributed by atoms with Crippen LogP contribution in [-0.2, 0) is 4.74 Å².